The molecule has 0 aromatic heterocycles. The first kappa shape index (κ1) is 11.4. The molecule has 0 spiro atoms. The Morgan fingerprint density at radius 3 is 3.06 bits per heavy atom. The molecule has 90 valence electrons. The van der Waals surface area contributed by atoms with Gasteiger partial charge in [-0.3, -0.25) is 0 Å². The Labute approximate surface area is 105 Å². The second-order valence-corrected chi connectivity index (χ2v) is 4.73. The predicted octanol–water partition coefficient (Wildman–Crippen LogP) is 0.863. The van der Waals surface area contributed by atoms with Gasteiger partial charge >= 0.3 is 7.12 Å². The molecular weight excluding hydrogens is 240 g/mol. The average Bonchev–Trinajstić information content (AvgIpc) is 2.60. The SMILES string of the molecule is C[C@H]1COc2ccc(Cl)c3c2B(OC3CN)O1. The molecule has 17 heavy (non-hydrogen) atoms. The molecule has 1 aromatic rings. The van der Waals surface area contributed by atoms with Crippen molar-refractivity contribution in [3.8, 4) is 5.75 Å². The Balaban J connectivity index is 2.14. The van der Waals surface area contributed by atoms with E-state index < -0.39 is 7.12 Å². The smallest absolute Gasteiger partial charge is 0.491 e. The van der Waals surface area contributed by atoms with Crippen LogP contribution in [0.4, 0.5) is 0 Å². The van der Waals surface area contributed by atoms with Gasteiger partial charge in [0.15, 0.2) is 0 Å². The lowest BCUT2D eigenvalue weighted by Crippen LogP contribution is -2.34. The van der Waals surface area contributed by atoms with E-state index in [-0.39, 0.29) is 12.2 Å². The quantitative estimate of drug-likeness (QED) is 0.755. The molecule has 0 amide bonds. The minimum absolute atomic E-state index is 0.0180. The van der Waals surface area contributed by atoms with E-state index in [0.717, 1.165) is 16.8 Å². The third kappa shape index (κ3) is 1.74. The fraction of sp³-hybridized carbons (Fsp3) is 0.455. The molecule has 2 N–H and O–H groups in total. The fourth-order valence-corrected chi connectivity index (χ4v) is 2.59. The Kier molecular flexibility index (Phi) is 2.79. The zero-order chi connectivity index (χ0) is 12.0. The first-order chi connectivity index (χ1) is 8.20. The molecule has 0 fully saturated rings. The highest BCUT2D eigenvalue weighted by Crippen LogP contribution is 2.35. The van der Waals surface area contributed by atoms with Crippen LogP contribution >= 0.6 is 11.6 Å². The van der Waals surface area contributed by atoms with Gasteiger partial charge in [0.05, 0.1) is 12.2 Å². The minimum Gasteiger partial charge on any atom is -0.491 e. The number of hydrogen-bond donors (Lipinski definition) is 1. The largest absolute Gasteiger partial charge is 0.498 e. The summed E-state index contributed by atoms with van der Waals surface area (Å²) in [6.45, 7) is 2.85. The number of hydrogen-bond acceptors (Lipinski definition) is 4. The molecule has 0 saturated carbocycles. The van der Waals surface area contributed by atoms with Gasteiger partial charge in [0.25, 0.3) is 0 Å². The second kappa shape index (κ2) is 4.17. The van der Waals surface area contributed by atoms with Crippen LogP contribution in [0.25, 0.3) is 0 Å². The Morgan fingerprint density at radius 1 is 1.47 bits per heavy atom. The van der Waals surface area contributed by atoms with Gasteiger partial charge in [0, 0.05) is 22.6 Å². The molecule has 3 rings (SSSR count). The maximum Gasteiger partial charge on any atom is 0.498 e. The van der Waals surface area contributed by atoms with Crippen molar-refractivity contribution in [2.75, 3.05) is 13.2 Å². The summed E-state index contributed by atoms with van der Waals surface area (Å²) in [7, 11) is -0.412. The zero-order valence-corrected chi connectivity index (χ0v) is 10.2. The number of halogens is 1. The van der Waals surface area contributed by atoms with E-state index in [1.54, 1.807) is 0 Å². The molecule has 2 heterocycles. The van der Waals surface area contributed by atoms with Gasteiger partial charge < -0.3 is 19.8 Å². The first-order valence-electron chi connectivity index (χ1n) is 5.66. The van der Waals surface area contributed by atoms with Crippen molar-refractivity contribution in [3.63, 3.8) is 0 Å². The Bertz CT molecular complexity index is 457. The maximum absolute atomic E-state index is 6.20. The molecule has 1 unspecified atom stereocenters. The summed E-state index contributed by atoms with van der Waals surface area (Å²) in [5.41, 5.74) is 7.51. The highest BCUT2D eigenvalue weighted by atomic mass is 35.5. The van der Waals surface area contributed by atoms with Crippen LogP contribution in [0.5, 0.6) is 5.75 Å². The third-order valence-electron chi connectivity index (χ3n) is 3.08. The number of nitrogens with two attached hydrogens (primary N) is 1. The lowest BCUT2D eigenvalue weighted by atomic mass is 9.77. The van der Waals surface area contributed by atoms with Crippen LogP contribution in [-0.2, 0) is 9.31 Å². The molecule has 1 aromatic carbocycles. The molecule has 6 heteroatoms. The topological polar surface area (TPSA) is 53.7 Å². The summed E-state index contributed by atoms with van der Waals surface area (Å²) in [4.78, 5) is 0. The van der Waals surface area contributed by atoms with E-state index in [1.807, 2.05) is 19.1 Å². The van der Waals surface area contributed by atoms with E-state index >= 15 is 0 Å². The summed E-state index contributed by atoms with van der Waals surface area (Å²) in [6.07, 6.45) is -0.230. The molecule has 0 saturated heterocycles. The predicted molar refractivity (Wildman–Crippen MR) is 65.8 cm³/mol. The van der Waals surface area contributed by atoms with Gasteiger partial charge in [-0.1, -0.05) is 11.6 Å². The molecular formula is C11H13BClNO3. The van der Waals surface area contributed by atoms with E-state index in [9.17, 15) is 0 Å². The fourth-order valence-electron chi connectivity index (χ4n) is 2.30. The maximum atomic E-state index is 6.20. The van der Waals surface area contributed by atoms with Crippen LogP contribution in [0.15, 0.2) is 12.1 Å². The summed E-state index contributed by atoms with van der Waals surface area (Å²) in [5.74, 6) is 0.787. The van der Waals surface area contributed by atoms with E-state index in [4.69, 9.17) is 31.4 Å². The second-order valence-electron chi connectivity index (χ2n) is 4.32. The van der Waals surface area contributed by atoms with Gasteiger partial charge in [0.2, 0.25) is 0 Å². The van der Waals surface area contributed by atoms with Crippen LogP contribution < -0.4 is 15.9 Å². The Hall–Kier alpha value is -0.745. The van der Waals surface area contributed by atoms with E-state index in [0.29, 0.717) is 18.2 Å². The standard InChI is InChI=1S/C11H13BClNO3/c1-6-5-15-8-3-2-7(13)10-9(4-14)17-12(16-6)11(8)10/h2-3,6,9H,4-5,14H2,1H3/t6-,9?/m0/s1. The molecule has 0 aliphatic carbocycles. The summed E-state index contributed by atoms with van der Waals surface area (Å²) in [5, 5.41) is 0.656. The zero-order valence-electron chi connectivity index (χ0n) is 9.48. The molecule has 0 radical (unpaired) electrons. The van der Waals surface area contributed by atoms with Gasteiger partial charge in [-0.15, -0.1) is 0 Å². The van der Waals surface area contributed by atoms with Gasteiger partial charge in [0.1, 0.15) is 12.4 Å². The van der Waals surface area contributed by atoms with Crippen LogP contribution in [-0.4, -0.2) is 26.4 Å². The average molecular weight is 253 g/mol. The van der Waals surface area contributed by atoms with Crippen molar-refractivity contribution in [2.45, 2.75) is 19.1 Å². The highest BCUT2D eigenvalue weighted by Gasteiger charge is 2.43. The first-order valence-corrected chi connectivity index (χ1v) is 6.04. The number of ether oxygens (including phenoxy) is 1. The van der Waals surface area contributed by atoms with Crippen molar-refractivity contribution < 1.29 is 14.0 Å². The van der Waals surface area contributed by atoms with Crippen LogP contribution in [0.1, 0.15) is 18.6 Å². The third-order valence-corrected chi connectivity index (χ3v) is 3.41. The molecule has 2 aliphatic rings. The molecule has 0 bridgehead atoms. The Morgan fingerprint density at radius 2 is 2.29 bits per heavy atom. The summed E-state index contributed by atoms with van der Waals surface area (Å²) >= 11 is 6.20. The van der Waals surface area contributed by atoms with Gasteiger partial charge in [-0.2, -0.15) is 0 Å². The van der Waals surface area contributed by atoms with Crippen LogP contribution in [0.2, 0.25) is 5.02 Å². The van der Waals surface area contributed by atoms with Gasteiger partial charge in [-0.25, -0.2) is 0 Å². The van der Waals surface area contributed by atoms with Crippen LogP contribution in [0, 0.1) is 0 Å². The lowest BCUT2D eigenvalue weighted by Gasteiger charge is -2.15. The van der Waals surface area contributed by atoms with Crippen molar-refractivity contribution in [1.82, 2.24) is 0 Å². The number of benzene rings is 1. The molecule has 2 atom stereocenters. The summed E-state index contributed by atoms with van der Waals surface area (Å²) in [6, 6.07) is 3.68. The van der Waals surface area contributed by atoms with Gasteiger partial charge in [-0.05, 0) is 19.1 Å². The molecule has 4 nitrogen and oxygen atoms in total. The van der Waals surface area contributed by atoms with Crippen molar-refractivity contribution in [3.05, 3.63) is 22.7 Å². The van der Waals surface area contributed by atoms with Crippen molar-refractivity contribution in [2.24, 2.45) is 5.73 Å². The lowest BCUT2D eigenvalue weighted by molar-refractivity contribution is 0.101. The van der Waals surface area contributed by atoms with Crippen molar-refractivity contribution in [1.29, 1.82) is 0 Å². The number of rotatable bonds is 1. The monoisotopic (exact) mass is 253 g/mol. The minimum atomic E-state index is -0.412. The normalized spacial score (nSPS) is 26.4. The highest BCUT2D eigenvalue weighted by molar-refractivity contribution is 6.64. The molecule has 2 aliphatic heterocycles. The van der Waals surface area contributed by atoms with E-state index in [2.05, 4.69) is 0 Å². The van der Waals surface area contributed by atoms with E-state index in [1.165, 1.54) is 0 Å². The van der Waals surface area contributed by atoms with Crippen molar-refractivity contribution >= 4 is 24.2 Å². The summed E-state index contributed by atoms with van der Waals surface area (Å²) < 4.78 is 17.2. The van der Waals surface area contributed by atoms with Crippen LogP contribution in [0.3, 0.4) is 0 Å².